The summed E-state index contributed by atoms with van der Waals surface area (Å²) in [7, 11) is 0. The van der Waals surface area contributed by atoms with Gasteiger partial charge in [0.2, 0.25) is 0 Å². The van der Waals surface area contributed by atoms with E-state index in [1.165, 1.54) is 0 Å². The molecule has 102 valence electrons. The number of hydrogen-bond donors (Lipinski definition) is 1. The smallest absolute Gasteiger partial charge is 0.252 e. The number of carbonyl (C=O) groups is 2. The summed E-state index contributed by atoms with van der Waals surface area (Å²) >= 11 is 3.33. The molecule has 0 unspecified atom stereocenters. The second kappa shape index (κ2) is 6.48. The van der Waals surface area contributed by atoms with Crippen molar-refractivity contribution in [3.05, 3.63) is 69.7 Å². The molecule has 0 aliphatic heterocycles. The monoisotopic (exact) mass is 331 g/mol. The lowest BCUT2D eigenvalue weighted by atomic mass is 9.98. The molecule has 2 rings (SSSR count). The van der Waals surface area contributed by atoms with Crippen molar-refractivity contribution in [2.45, 2.75) is 6.92 Å². The summed E-state index contributed by atoms with van der Waals surface area (Å²) in [6, 6.07) is 13.9. The van der Waals surface area contributed by atoms with Crippen LogP contribution in [0.1, 0.15) is 33.2 Å². The summed E-state index contributed by atoms with van der Waals surface area (Å²) in [5.74, 6) is -0.382. The highest BCUT2D eigenvalue weighted by Gasteiger charge is 2.17. The molecule has 0 aromatic heterocycles. The van der Waals surface area contributed by atoms with E-state index >= 15 is 0 Å². The third kappa shape index (κ3) is 3.14. The van der Waals surface area contributed by atoms with Crippen molar-refractivity contribution in [3.63, 3.8) is 0 Å². The lowest BCUT2D eigenvalue weighted by Crippen LogP contribution is -2.25. The molecular weight excluding hydrogens is 318 g/mol. The maximum atomic E-state index is 12.5. The van der Waals surface area contributed by atoms with Crippen LogP contribution in [-0.2, 0) is 0 Å². The van der Waals surface area contributed by atoms with Crippen molar-refractivity contribution in [2.75, 3.05) is 6.54 Å². The van der Waals surface area contributed by atoms with Gasteiger partial charge in [-0.1, -0.05) is 34.1 Å². The van der Waals surface area contributed by atoms with Crippen molar-refractivity contribution in [1.29, 1.82) is 0 Å². The second-order valence-corrected chi connectivity index (χ2v) is 5.16. The van der Waals surface area contributed by atoms with Gasteiger partial charge in [0.1, 0.15) is 0 Å². The topological polar surface area (TPSA) is 46.2 Å². The molecule has 0 saturated heterocycles. The highest BCUT2D eigenvalue weighted by atomic mass is 79.9. The van der Waals surface area contributed by atoms with Crippen molar-refractivity contribution in [1.82, 2.24) is 5.32 Å². The average molecular weight is 332 g/mol. The molecule has 3 nitrogen and oxygen atoms in total. The van der Waals surface area contributed by atoms with E-state index in [2.05, 4.69) is 21.2 Å². The van der Waals surface area contributed by atoms with Gasteiger partial charge >= 0.3 is 0 Å². The standard InChI is InChI=1S/C16H14BrNO2/c1-2-18-16(20)14-6-4-3-5-13(14)15(19)11-7-9-12(17)10-8-11/h3-10H,2H2,1H3,(H,18,20). The molecule has 2 aromatic rings. The maximum absolute atomic E-state index is 12.5. The van der Waals surface area contributed by atoms with Gasteiger partial charge in [-0.05, 0) is 37.3 Å². The van der Waals surface area contributed by atoms with Crippen molar-refractivity contribution in [2.24, 2.45) is 0 Å². The van der Waals surface area contributed by atoms with Crippen LogP contribution in [0.15, 0.2) is 53.0 Å². The normalized spacial score (nSPS) is 10.1. The first-order valence-corrected chi connectivity index (χ1v) is 7.10. The first-order chi connectivity index (χ1) is 9.63. The highest BCUT2D eigenvalue weighted by Crippen LogP contribution is 2.17. The van der Waals surface area contributed by atoms with Gasteiger partial charge in [-0.25, -0.2) is 0 Å². The van der Waals surface area contributed by atoms with E-state index in [0.29, 0.717) is 23.2 Å². The van der Waals surface area contributed by atoms with E-state index in [-0.39, 0.29) is 11.7 Å². The number of amides is 1. The van der Waals surface area contributed by atoms with E-state index in [0.717, 1.165) is 4.47 Å². The predicted octanol–water partition coefficient (Wildman–Crippen LogP) is 3.43. The van der Waals surface area contributed by atoms with Crippen LogP contribution in [0.2, 0.25) is 0 Å². The quantitative estimate of drug-likeness (QED) is 0.872. The number of halogens is 1. The molecule has 0 radical (unpaired) electrons. The molecule has 0 aliphatic rings. The summed E-state index contributed by atoms with van der Waals surface area (Å²) < 4.78 is 0.908. The Morgan fingerprint density at radius 2 is 1.60 bits per heavy atom. The molecule has 20 heavy (non-hydrogen) atoms. The van der Waals surface area contributed by atoms with E-state index < -0.39 is 0 Å². The van der Waals surface area contributed by atoms with Crippen molar-refractivity contribution in [3.8, 4) is 0 Å². The molecule has 0 bridgehead atoms. The van der Waals surface area contributed by atoms with Crippen LogP contribution in [0.25, 0.3) is 0 Å². The molecule has 0 heterocycles. The first kappa shape index (κ1) is 14.5. The molecule has 0 fully saturated rings. The lowest BCUT2D eigenvalue weighted by Gasteiger charge is -2.08. The Kier molecular flexibility index (Phi) is 4.69. The minimum Gasteiger partial charge on any atom is -0.352 e. The zero-order valence-electron chi connectivity index (χ0n) is 11.0. The minimum atomic E-state index is -0.228. The van der Waals surface area contributed by atoms with Gasteiger partial charge in [0, 0.05) is 22.1 Å². The van der Waals surface area contributed by atoms with E-state index in [1.807, 2.05) is 19.1 Å². The zero-order chi connectivity index (χ0) is 14.5. The number of nitrogens with one attached hydrogen (secondary N) is 1. The van der Waals surface area contributed by atoms with Gasteiger partial charge in [-0.2, -0.15) is 0 Å². The molecule has 0 spiro atoms. The molecule has 0 saturated carbocycles. The Morgan fingerprint density at radius 3 is 2.20 bits per heavy atom. The number of hydrogen-bond acceptors (Lipinski definition) is 2. The maximum Gasteiger partial charge on any atom is 0.252 e. The fraction of sp³-hybridized carbons (Fsp3) is 0.125. The molecule has 4 heteroatoms. The SMILES string of the molecule is CCNC(=O)c1ccccc1C(=O)c1ccc(Br)cc1. The third-order valence-electron chi connectivity index (χ3n) is 2.86. The van der Waals surface area contributed by atoms with Crippen LogP contribution in [-0.4, -0.2) is 18.2 Å². The molecule has 0 aliphatic carbocycles. The number of rotatable bonds is 4. The lowest BCUT2D eigenvalue weighted by molar-refractivity contribution is 0.0944. The third-order valence-corrected chi connectivity index (χ3v) is 3.39. The fourth-order valence-electron chi connectivity index (χ4n) is 1.89. The summed E-state index contributed by atoms with van der Waals surface area (Å²) in [5.41, 5.74) is 1.38. The van der Waals surface area contributed by atoms with Gasteiger partial charge in [0.25, 0.3) is 5.91 Å². The van der Waals surface area contributed by atoms with Crippen molar-refractivity contribution < 1.29 is 9.59 Å². The van der Waals surface area contributed by atoms with Crippen LogP contribution in [0.4, 0.5) is 0 Å². The van der Waals surface area contributed by atoms with Gasteiger partial charge in [0.15, 0.2) is 5.78 Å². The van der Waals surface area contributed by atoms with Crippen LogP contribution in [0.3, 0.4) is 0 Å². The number of ketones is 1. The van der Waals surface area contributed by atoms with Gasteiger partial charge in [-0.15, -0.1) is 0 Å². The summed E-state index contributed by atoms with van der Waals surface area (Å²) in [4.78, 5) is 24.5. The molecule has 1 N–H and O–H groups in total. The van der Waals surface area contributed by atoms with E-state index in [1.54, 1.807) is 36.4 Å². The van der Waals surface area contributed by atoms with Crippen LogP contribution < -0.4 is 5.32 Å². The summed E-state index contributed by atoms with van der Waals surface area (Å²) in [6.45, 7) is 2.37. The Hall–Kier alpha value is -1.94. The molecule has 2 aromatic carbocycles. The summed E-state index contributed by atoms with van der Waals surface area (Å²) in [6.07, 6.45) is 0. The Labute approximate surface area is 126 Å². The first-order valence-electron chi connectivity index (χ1n) is 6.31. The van der Waals surface area contributed by atoms with Crippen LogP contribution in [0, 0.1) is 0 Å². The summed E-state index contributed by atoms with van der Waals surface area (Å²) in [5, 5.41) is 2.72. The Morgan fingerprint density at radius 1 is 1.00 bits per heavy atom. The van der Waals surface area contributed by atoms with Gasteiger partial charge in [-0.3, -0.25) is 9.59 Å². The average Bonchev–Trinajstić information content (AvgIpc) is 2.47. The zero-order valence-corrected chi connectivity index (χ0v) is 12.6. The largest absolute Gasteiger partial charge is 0.352 e. The number of carbonyl (C=O) groups excluding carboxylic acids is 2. The Balaban J connectivity index is 2.39. The Bertz CT molecular complexity index is 635. The predicted molar refractivity (Wildman–Crippen MR) is 82.0 cm³/mol. The highest BCUT2D eigenvalue weighted by molar-refractivity contribution is 9.10. The van der Waals surface area contributed by atoms with E-state index in [4.69, 9.17) is 0 Å². The second-order valence-electron chi connectivity index (χ2n) is 4.24. The molecular formula is C16H14BrNO2. The van der Waals surface area contributed by atoms with Crippen LogP contribution in [0.5, 0.6) is 0 Å². The molecule has 0 atom stereocenters. The van der Waals surface area contributed by atoms with Gasteiger partial charge < -0.3 is 5.32 Å². The van der Waals surface area contributed by atoms with E-state index in [9.17, 15) is 9.59 Å². The minimum absolute atomic E-state index is 0.153. The fourth-order valence-corrected chi connectivity index (χ4v) is 2.16. The van der Waals surface area contributed by atoms with Crippen molar-refractivity contribution >= 4 is 27.6 Å². The van der Waals surface area contributed by atoms with Crippen LogP contribution >= 0.6 is 15.9 Å². The number of benzene rings is 2. The molecule has 1 amide bonds. The van der Waals surface area contributed by atoms with Gasteiger partial charge in [0.05, 0.1) is 5.56 Å².